The number of nitrogens with zero attached hydrogens (tertiary/aromatic N) is 1. The van der Waals surface area contributed by atoms with Gasteiger partial charge in [-0.05, 0) is 34.9 Å². The largest absolute Gasteiger partial charge is 0.494 e. The molecule has 0 saturated carbocycles. The molecule has 0 aromatic heterocycles. The quantitative estimate of drug-likeness (QED) is 0.284. The Morgan fingerprint density at radius 3 is 2.49 bits per heavy atom. The van der Waals surface area contributed by atoms with Crippen LogP contribution in [0.1, 0.15) is 16.7 Å². The van der Waals surface area contributed by atoms with Gasteiger partial charge in [0.25, 0.3) is 5.91 Å². The Morgan fingerprint density at radius 1 is 1.06 bits per heavy atom. The van der Waals surface area contributed by atoms with Gasteiger partial charge in [0.15, 0.2) is 17.5 Å². The SMILES string of the molecule is COc1cc(CNC(=O)C(Cc2ccccc2)NC(N)=NC(=O)Cc2ccccc2Br)ccc1F. The molecule has 0 bridgehead atoms. The van der Waals surface area contributed by atoms with E-state index in [1.54, 1.807) is 6.07 Å². The van der Waals surface area contributed by atoms with Crippen molar-refractivity contribution in [2.24, 2.45) is 10.7 Å². The minimum absolute atomic E-state index is 0.0613. The highest BCUT2D eigenvalue weighted by Crippen LogP contribution is 2.18. The summed E-state index contributed by atoms with van der Waals surface area (Å²) in [6.45, 7) is 0.153. The molecule has 1 atom stereocenters. The summed E-state index contributed by atoms with van der Waals surface area (Å²) in [6.07, 6.45) is 0.375. The highest BCUT2D eigenvalue weighted by Gasteiger charge is 2.20. The molecule has 2 amide bonds. The molecule has 0 aliphatic rings. The third kappa shape index (κ3) is 7.92. The van der Waals surface area contributed by atoms with Crippen molar-refractivity contribution in [3.05, 3.63) is 99.8 Å². The molecular weight excluding hydrogens is 515 g/mol. The van der Waals surface area contributed by atoms with E-state index >= 15 is 0 Å². The average molecular weight is 541 g/mol. The fraction of sp³-hybridized carbons (Fsp3) is 0.192. The summed E-state index contributed by atoms with van der Waals surface area (Å²) in [5.41, 5.74) is 8.33. The summed E-state index contributed by atoms with van der Waals surface area (Å²) in [5, 5.41) is 5.68. The Morgan fingerprint density at radius 2 is 1.77 bits per heavy atom. The lowest BCUT2D eigenvalue weighted by molar-refractivity contribution is -0.123. The smallest absolute Gasteiger partial charge is 0.253 e. The number of nitrogens with one attached hydrogen (secondary N) is 2. The summed E-state index contributed by atoms with van der Waals surface area (Å²) in [7, 11) is 1.38. The maximum atomic E-state index is 13.7. The van der Waals surface area contributed by atoms with Crippen molar-refractivity contribution in [2.75, 3.05) is 7.11 Å². The van der Waals surface area contributed by atoms with Crippen LogP contribution < -0.4 is 21.1 Å². The fourth-order valence-electron chi connectivity index (χ4n) is 3.37. The first kappa shape index (κ1) is 25.9. The molecule has 3 aromatic carbocycles. The molecule has 3 aromatic rings. The molecule has 0 aliphatic carbocycles. The number of ether oxygens (including phenoxy) is 1. The zero-order valence-electron chi connectivity index (χ0n) is 19.1. The molecule has 0 radical (unpaired) electrons. The van der Waals surface area contributed by atoms with Gasteiger partial charge in [-0.15, -0.1) is 0 Å². The van der Waals surface area contributed by atoms with Crippen LogP contribution in [0.15, 0.2) is 82.3 Å². The predicted octanol–water partition coefficient (Wildman–Crippen LogP) is 3.50. The topological polar surface area (TPSA) is 106 Å². The van der Waals surface area contributed by atoms with Crippen LogP contribution in [0.3, 0.4) is 0 Å². The molecule has 0 spiro atoms. The van der Waals surface area contributed by atoms with Crippen molar-refractivity contribution >= 4 is 33.7 Å². The summed E-state index contributed by atoms with van der Waals surface area (Å²) in [4.78, 5) is 29.3. The van der Waals surface area contributed by atoms with Gasteiger partial charge in [-0.2, -0.15) is 4.99 Å². The van der Waals surface area contributed by atoms with Crippen LogP contribution in [0.4, 0.5) is 4.39 Å². The van der Waals surface area contributed by atoms with Crippen molar-refractivity contribution in [3.63, 3.8) is 0 Å². The number of hydrogen-bond donors (Lipinski definition) is 3. The van der Waals surface area contributed by atoms with Crippen LogP contribution in [0, 0.1) is 5.82 Å². The van der Waals surface area contributed by atoms with Gasteiger partial charge in [0, 0.05) is 17.4 Å². The first-order chi connectivity index (χ1) is 16.9. The lowest BCUT2D eigenvalue weighted by Crippen LogP contribution is -2.50. The number of halogens is 2. The van der Waals surface area contributed by atoms with Crippen LogP contribution in [-0.4, -0.2) is 30.9 Å². The van der Waals surface area contributed by atoms with Gasteiger partial charge in [0.1, 0.15) is 6.04 Å². The minimum atomic E-state index is -0.792. The third-order valence-corrected chi connectivity index (χ3v) is 5.92. The van der Waals surface area contributed by atoms with Crippen LogP contribution in [-0.2, 0) is 29.0 Å². The molecule has 182 valence electrons. The number of guanidine groups is 1. The Balaban J connectivity index is 1.69. The van der Waals surface area contributed by atoms with Crippen LogP contribution >= 0.6 is 15.9 Å². The van der Waals surface area contributed by atoms with Crippen molar-refractivity contribution in [1.82, 2.24) is 10.6 Å². The predicted molar refractivity (Wildman–Crippen MR) is 136 cm³/mol. The van der Waals surface area contributed by atoms with E-state index in [0.717, 1.165) is 15.6 Å². The van der Waals surface area contributed by atoms with Gasteiger partial charge in [0.05, 0.1) is 13.5 Å². The van der Waals surface area contributed by atoms with Gasteiger partial charge < -0.3 is 21.1 Å². The van der Waals surface area contributed by atoms with E-state index in [2.05, 4.69) is 31.6 Å². The minimum Gasteiger partial charge on any atom is -0.494 e. The van der Waals surface area contributed by atoms with Crippen LogP contribution in [0.2, 0.25) is 0 Å². The molecule has 0 aliphatic heterocycles. The van der Waals surface area contributed by atoms with Gasteiger partial charge in [-0.1, -0.05) is 70.5 Å². The second kappa shape index (κ2) is 12.7. The number of carbonyl (C=O) groups is 2. The van der Waals surface area contributed by atoms with E-state index in [-0.39, 0.29) is 30.6 Å². The fourth-order valence-corrected chi connectivity index (χ4v) is 3.80. The van der Waals surface area contributed by atoms with E-state index in [4.69, 9.17) is 10.5 Å². The van der Waals surface area contributed by atoms with Gasteiger partial charge in [-0.25, -0.2) is 4.39 Å². The van der Waals surface area contributed by atoms with Crippen LogP contribution in [0.25, 0.3) is 0 Å². The Labute approximate surface area is 211 Å². The van der Waals surface area contributed by atoms with E-state index < -0.39 is 17.8 Å². The van der Waals surface area contributed by atoms with Crippen molar-refractivity contribution in [2.45, 2.75) is 25.4 Å². The summed E-state index contributed by atoms with van der Waals surface area (Å²) in [6, 6.07) is 20.3. The second-order valence-corrected chi connectivity index (χ2v) is 8.59. The van der Waals surface area contributed by atoms with Crippen molar-refractivity contribution in [1.29, 1.82) is 0 Å². The lowest BCUT2D eigenvalue weighted by atomic mass is 10.1. The summed E-state index contributed by atoms with van der Waals surface area (Å²) in [5.74, 6) is -1.34. The van der Waals surface area contributed by atoms with Gasteiger partial charge in [0.2, 0.25) is 5.91 Å². The van der Waals surface area contributed by atoms with Crippen molar-refractivity contribution in [3.8, 4) is 5.75 Å². The summed E-state index contributed by atoms with van der Waals surface area (Å²) < 4.78 is 19.5. The highest BCUT2D eigenvalue weighted by atomic mass is 79.9. The van der Waals surface area contributed by atoms with Crippen LogP contribution in [0.5, 0.6) is 5.75 Å². The molecule has 35 heavy (non-hydrogen) atoms. The summed E-state index contributed by atoms with van der Waals surface area (Å²) >= 11 is 3.41. The number of rotatable bonds is 9. The van der Waals surface area contributed by atoms with E-state index in [1.165, 1.54) is 19.2 Å². The van der Waals surface area contributed by atoms with E-state index in [0.29, 0.717) is 12.0 Å². The zero-order chi connectivity index (χ0) is 25.2. The zero-order valence-corrected chi connectivity index (χ0v) is 20.7. The molecule has 0 saturated heterocycles. The number of carbonyl (C=O) groups excluding carboxylic acids is 2. The lowest BCUT2D eigenvalue weighted by Gasteiger charge is -2.19. The molecule has 1 unspecified atom stereocenters. The number of hydrogen-bond acceptors (Lipinski definition) is 3. The normalized spacial score (nSPS) is 12.0. The monoisotopic (exact) mass is 540 g/mol. The standard InChI is InChI=1S/C26H26BrFN4O3/c1-35-23-14-18(11-12-21(23)28)16-30-25(34)22(13-17-7-3-2-4-8-17)31-26(29)32-24(33)15-19-9-5-6-10-20(19)27/h2-12,14,22H,13,15-16H2,1H3,(H,30,34)(H3,29,31,32,33). The van der Waals surface area contributed by atoms with Gasteiger partial charge >= 0.3 is 0 Å². The number of methoxy groups -OCH3 is 1. The molecule has 9 heteroatoms. The molecule has 0 heterocycles. The number of benzene rings is 3. The Bertz CT molecular complexity index is 1200. The molecule has 3 rings (SSSR count). The van der Waals surface area contributed by atoms with Gasteiger partial charge in [-0.3, -0.25) is 9.59 Å². The van der Waals surface area contributed by atoms with Crippen molar-refractivity contribution < 1.29 is 18.7 Å². The maximum absolute atomic E-state index is 13.7. The average Bonchev–Trinajstić information content (AvgIpc) is 2.85. The van der Waals surface area contributed by atoms with E-state index in [1.807, 2.05) is 54.6 Å². The molecule has 0 fully saturated rings. The molecular formula is C26H26BrFN4O3. The third-order valence-electron chi connectivity index (χ3n) is 5.15. The second-order valence-electron chi connectivity index (χ2n) is 7.73. The first-order valence-corrected chi connectivity index (χ1v) is 11.7. The number of aliphatic imine (C=N–C) groups is 1. The first-order valence-electron chi connectivity index (χ1n) is 10.9. The Hall–Kier alpha value is -3.72. The number of nitrogens with two attached hydrogens (primary N) is 1. The highest BCUT2D eigenvalue weighted by molar-refractivity contribution is 9.10. The number of amides is 2. The van der Waals surface area contributed by atoms with E-state index in [9.17, 15) is 14.0 Å². The Kier molecular flexibility index (Phi) is 9.37. The maximum Gasteiger partial charge on any atom is 0.253 e. The molecule has 4 N–H and O–H groups in total. The molecule has 7 nitrogen and oxygen atoms in total.